The highest BCUT2D eigenvalue weighted by atomic mass is 32.1. The number of nitrogens with zero attached hydrogens (tertiary/aromatic N) is 3. The fraction of sp³-hybridized carbons (Fsp3) is 0.333. The van der Waals surface area contributed by atoms with E-state index in [1.807, 2.05) is 49.6 Å². The van der Waals surface area contributed by atoms with Gasteiger partial charge in [0.15, 0.2) is 0 Å². The Bertz CT molecular complexity index is 1140. The van der Waals surface area contributed by atoms with Crippen LogP contribution >= 0.6 is 11.3 Å². The predicted molar refractivity (Wildman–Crippen MR) is 119 cm³/mol. The Kier molecular flexibility index (Phi) is 6.51. The smallest absolute Gasteiger partial charge is 0.328 e. The Morgan fingerprint density at radius 3 is 2.57 bits per heavy atom. The largest absolute Gasteiger partial charge is 0.344 e. The molecule has 30 heavy (non-hydrogen) atoms. The molecule has 158 valence electrons. The van der Waals surface area contributed by atoms with Crippen LogP contribution in [0, 0.1) is 5.92 Å². The van der Waals surface area contributed by atoms with Crippen LogP contribution in [0.4, 0.5) is 0 Å². The number of thiophene rings is 1. The summed E-state index contributed by atoms with van der Waals surface area (Å²) in [5, 5.41) is 8.72. The lowest BCUT2D eigenvalue weighted by Gasteiger charge is -2.20. The first-order valence-electron chi connectivity index (χ1n) is 9.58. The molecule has 0 radical (unpaired) electrons. The maximum atomic E-state index is 12.5. The number of hydrogen-bond acceptors (Lipinski definition) is 5. The number of nitrogens with one attached hydrogen (secondary N) is 2. The molecule has 0 fully saturated rings. The number of hydrazone groups is 1. The van der Waals surface area contributed by atoms with Crippen molar-refractivity contribution in [3.63, 3.8) is 0 Å². The molecular weight excluding hydrogens is 402 g/mol. The molecule has 1 unspecified atom stereocenters. The van der Waals surface area contributed by atoms with Gasteiger partial charge in [0.1, 0.15) is 6.04 Å². The van der Waals surface area contributed by atoms with Gasteiger partial charge in [-0.05, 0) is 35.1 Å². The number of fused-ring (bicyclic) bond motifs is 1. The first-order valence-corrected chi connectivity index (χ1v) is 10.5. The van der Waals surface area contributed by atoms with Gasteiger partial charge in [-0.15, -0.1) is 11.3 Å². The predicted octanol–water partition coefficient (Wildman–Crippen LogP) is 1.77. The van der Waals surface area contributed by atoms with Crippen LogP contribution in [0.25, 0.3) is 11.0 Å². The number of rotatable bonds is 7. The van der Waals surface area contributed by atoms with E-state index in [-0.39, 0.29) is 29.8 Å². The summed E-state index contributed by atoms with van der Waals surface area (Å²) in [4.78, 5) is 37.8. The summed E-state index contributed by atoms with van der Waals surface area (Å²) >= 11 is 1.50. The first-order chi connectivity index (χ1) is 14.3. The highest BCUT2D eigenvalue weighted by molar-refractivity contribution is 7.10. The Labute approximate surface area is 178 Å². The van der Waals surface area contributed by atoms with Crippen molar-refractivity contribution >= 4 is 40.4 Å². The zero-order chi connectivity index (χ0) is 21.8. The van der Waals surface area contributed by atoms with E-state index < -0.39 is 6.04 Å². The zero-order valence-corrected chi connectivity index (χ0v) is 18.2. The second-order valence-electron chi connectivity index (χ2n) is 7.43. The Hall–Kier alpha value is -3.20. The van der Waals surface area contributed by atoms with Crippen LogP contribution in [0.1, 0.15) is 24.3 Å². The minimum absolute atomic E-state index is 0.0947. The molecule has 8 nitrogen and oxygen atoms in total. The molecule has 2 amide bonds. The third-order valence-electron chi connectivity index (χ3n) is 4.86. The number of aryl methyl sites for hydroxylation is 2. The van der Waals surface area contributed by atoms with E-state index in [1.165, 1.54) is 17.6 Å². The average Bonchev–Trinajstić information content (AvgIpc) is 3.29. The van der Waals surface area contributed by atoms with Gasteiger partial charge in [-0.25, -0.2) is 10.2 Å². The van der Waals surface area contributed by atoms with E-state index in [4.69, 9.17) is 0 Å². The van der Waals surface area contributed by atoms with Crippen molar-refractivity contribution in [2.24, 2.45) is 25.1 Å². The number of hydrogen-bond donors (Lipinski definition) is 2. The molecule has 0 aliphatic carbocycles. The molecular formula is C21H25N5O3S. The molecule has 2 aromatic heterocycles. The summed E-state index contributed by atoms with van der Waals surface area (Å²) in [6.07, 6.45) is 1.76. The van der Waals surface area contributed by atoms with Gasteiger partial charge >= 0.3 is 5.69 Å². The number of carbonyl (C=O) groups excluding carboxylic acids is 2. The van der Waals surface area contributed by atoms with Crippen LogP contribution in [0.5, 0.6) is 0 Å². The molecule has 0 saturated carbocycles. The average molecular weight is 428 g/mol. The number of benzene rings is 1. The first kappa shape index (κ1) is 21.5. The molecule has 9 heteroatoms. The number of imidazole rings is 1. The third-order valence-corrected chi connectivity index (χ3v) is 5.74. The molecule has 0 aliphatic heterocycles. The fourth-order valence-electron chi connectivity index (χ4n) is 3.17. The lowest BCUT2D eigenvalue weighted by molar-refractivity contribution is -0.129. The molecule has 0 aliphatic rings. The molecule has 2 heterocycles. The lowest BCUT2D eigenvalue weighted by Crippen LogP contribution is -2.49. The van der Waals surface area contributed by atoms with E-state index >= 15 is 0 Å². The molecule has 2 N–H and O–H groups in total. The second-order valence-corrected chi connectivity index (χ2v) is 8.46. The van der Waals surface area contributed by atoms with Crippen LogP contribution in [0.2, 0.25) is 0 Å². The van der Waals surface area contributed by atoms with Gasteiger partial charge in [0.25, 0.3) is 5.91 Å². The zero-order valence-electron chi connectivity index (χ0n) is 17.4. The van der Waals surface area contributed by atoms with Gasteiger partial charge in [0, 0.05) is 19.0 Å². The standard InChI is InChI=1S/C21H25N5O3S/c1-13(2)19(23-18(27)11-15-6-5-9-30-15)20(28)24-22-12-14-7-8-16-17(10-14)26(4)21(29)25(16)3/h5-10,12-13,19H,11H2,1-4H3,(H,23,27)(H,24,28)/b22-12+. The summed E-state index contributed by atoms with van der Waals surface area (Å²) in [7, 11) is 3.43. The van der Waals surface area contributed by atoms with Crippen molar-refractivity contribution in [2.75, 3.05) is 0 Å². The van der Waals surface area contributed by atoms with Crippen LogP contribution in [0.3, 0.4) is 0 Å². The SMILES string of the molecule is CC(C)C(NC(=O)Cc1cccs1)C(=O)N/N=C/c1ccc2c(c1)n(C)c(=O)n2C. The maximum absolute atomic E-state index is 12.5. The quantitative estimate of drug-likeness (QED) is 0.444. The highest BCUT2D eigenvalue weighted by Gasteiger charge is 2.24. The molecule has 1 atom stereocenters. The van der Waals surface area contributed by atoms with Crippen LogP contribution < -0.4 is 16.4 Å². The number of amides is 2. The Balaban J connectivity index is 1.65. The van der Waals surface area contributed by atoms with Gasteiger partial charge in [0.05, 0.1) is 23.7 Å². The van der Waals surface area contributed by atoms with Crippen molar-refractivity contribution < 1.29 is 9.59 Å². The van der Waals surface area contributed by atoms with E-state index in [0.717, 1.165) is 21.5 Å². The summed E-state index contributed by atoms with van der Waals surface area (Å²) in [6, 6.07) is 8.57. The minimum Gasteiger partial charge on any atom is -0.344 e. The van der Waals surface area contributed by atoms with E-state index in [9.17, 15) is 14.4 Å². The Morgan fingerprint density at radius 2 is 1.90 bits per heavy atom. The normalized spacial score (nSPS) is 12.6. The lowest BCUT2D eigenvalue weighted by atomic mass is 10.0. The van der Waals surface area contributed by atoms with E-state index in [2.05, 4.69) is 15.8 Å². The minimum atomic E-state index is -0.688. The van der Waals surface area contributed by atoms with Crippen LogP contribution in [-0.4, -0.2) is 33.2 Å². The second kappa shape index (κ2) is 9.08. The maximum Gasteiger partial charge on any atom is 0.328 e. The summed E-state index contributed by atoms with van der Waals surface area (Å²) in [5.74, 6) is -0.678. The highest BCUT2D eigenvalue weighted by Crippen LogP contribution is 2.13. The summed E-state index contributed by atoms with van der Waals surface area (Å²) in [6.45, 7) is 3.73. The monoisotopic (exact) mass is 427 g/mol. The number of carbonyl (C=O) groups is 2. The van der Waals surface area contributed by atoms with E-state index in [1.54, 1.807) is 23.2 Å². The summed E-state index contributed by atoms with van der Waals surface area (Å²) < 4.78 is 3.13. The molecule has 0 bridgehead atoms. The molecule has 1 aromatic carbocycles. The fourth-order valence-corrected chi connectivity index (χ4v) is 3.88. The number of aromatic nitrogens is 2. The van der Waals surface area contributed by atoms with Crippen molar-refractivity contribution in [1.29, 1.82) is 0 Å². The topological polar surface area (TPSA) is 97.5 Å². The summed E-state index contributed by atoms with van der Waals surface area (Å²) in [5.41, 5.74) is 4.73. The van der Waals surface area contributed by atoms with Crippen molar-refractivity contribution in [1.82, 2.24) is 19.9 Å². The van der Waals surface area contributed by atoms with Gasteiger partial charge in [-0.2, -0.15) is 5.10 Å². The van der Waals surface area contributed by atoms with Crippen molar-refractivity contribution in [2.45, 2.75) is 26.3 Å². The Morgan fingerprint density at radius 1 is 1.17 bits per heavy atom. The molecule has 3 rings (SSSR count). The molecule has 0 spiro atoms. The van der Waals surface area contributed by atoms with Crippen LogP contribution in [-0.2, 0) is 30.1 Å². The van der Waals surface area contributed by atoms with Crippen LogP contribution in [0.15, 0.2) is 45.6 Å². The van der Waals surface area contributed by atoms with Gasteiger partial charge in [0.2, 0.25) is 5.91 Å². The molecule has 3 aromatic rings. The van der Waals surface area contributed by atoms with E-state index in [0.29, 0.717) is 0 Å². The van der Waals surface area contributed by atoms with Gasteiger partial charge in [-0.3, -0.25) is 18.7 Å². The van der Waals surface area contributed by atoms with Crippen molar-refractivity contribution in [3.8, 4) is 0 Å². The van der Waals surface area contributed by atoms with Gasteiger partial charge in [-0.1, -0.05) is 26.0 Å². The van der Waals surface area contributed by atoms with Crippen molar-refractivity contribution in [3.05, 3.63) is 56.6 Å². The third kappa shape index (κ3) is 4.68. The van der Waals surface area contributed by atoms with Gasteiger partial charge < -0.3 is 5.32 Å². The molecule has 0 saturated heterocycles.